The van der Waals surface area contributed by atoms with Crippen molar-refractivity contribution in [2.24, 2.45) is 5.73 Å². The fourth-order valence-electron chi connectivity index (χ4n) is 5.87. The second kappa shape index (κ2) is 11.8. The van der Waals surface area contributed by atoms with E-state index in [1.54, 1.807) is 0 Å². The molecule has 2 aliphatic heterocycles. The van der Waals surface area contributed by atoms with Crippen LogP contribution in [0, 0.1) is 25.2 Å². The summed E-state index contributed by atoms with van der Waals surface area (Å²) in [6.07, 6.45) is 0. The summed E-state index contributed by atoms with van der Waals surface area (Å²) < 4.78 is 0. The lowest BCUT2D eigenvalue weighted by Gasteiger charge is -2.37. The molecule has 3 aromatic carbocycles. The van der Waals surface area contributed by atoms with Crippen LogP contribution in [-0.4, -0.2) is 68.1 Å². The number of rotatable bonds is 6. The van der Waals surface area contributed by atoms with Gasteiger partial charge in [0.15, 0.2) is 0 Å². The zero-order valence-electron chi connectivity index (χ0n) is 23.6. The topological polar surface area (TPSA) is 79.8 Å². The summed E-state index contributed by atoms with van der Waals surface area (Å²) >= 11 is 0. The minimum absolute atomic E-state index is 0.0930. The monoisotopic (exact) mass is 534 g/mol. The van der Waals surface area contributed by atoms with E-state index >= 15 is 0 Å². The molecule has 2 saturated heterocycles. The van der Waals surface area contributed by atoms with Crippen molar-refractivity contribution in [1.29, 1.82) is 5.26 Å². The van der Waals surface area contributed by atoms with Crippen LogP contribution in [0.5, 0.6) is 0 Å². The van der Waals surface area contributed by atoms with Crippen molar-refractivity contribution in [1.82, 2.24) is 9.80 Å². The summed E-state index contributed by atoms with van der Waals surface area (Å²) in [5, 5.41) is 9.48. The van der Waals surface area contributed by atoms with E-state index in [9.17, 15) is 10.1 Å². The number of hydrogen-bond acceptors (Lipinski definition) is 6. The summed E-state index contributed by atoms with van der Waals surface area (Å²) in [5.74, 6) is 0.0930. The maximum absolute atomic E-state index is 13.6. The van der Waals surface area contributed by atoms with Crippen LogP contribution in [0.25, 0.3) is 5.70 Å². The highest BCUT2D eigenvalue weighted by atomic mass is 16.2. The molecule has 0 aromatic heterocycles. The Kier molecular flexibility index (Phi) is 8.09. The number of anilines is 2. The fourth-order valence-corrected chi connectivity index (χ4v) is 5.87. The van der Waals surface area contributed by atoms with Gasteiger partial charge >= 0.3 is 0 Å². The van der Waals surface area contributed by atoms with Crippen LogP contribution in [0.4, 0.5) is 11.4 Å². The SMILES string of the molecule is C=C(N)c1ccccc1N1CCN(Cc2cc(C(=O)N3CCN(c4ccccc4C#N)CC3)c(C)cc2C)CC1. The molecule has 0 aliphatic carbocycles. The lowest BCUT2D eigenvalue weighted by Crippen LogP contribution is -2.49. The van der Waals surface area contributed by atoms with Gasteiger partial charge in [0.05, 0.1) is 11.3 Å². The van der Waals surface area contributed by atoms with Crippen LogP contribution in [0.3, 0.4) is 0 Å². The number of aryl methyl sites for hydroxylation is 2. The van der Waals surface area contributed by atoms with Gasteiger partial charge in [-0.15, -0.1) is 0 Å². The van der Waals surface area contributed by atoms with Crippen molar-refractivity contribution in [3.05, 3.63) is 101 Å². The van der Waals surface area contributed by atoms with Crippen LogP contribution in [0.2, 0.25) is 0 Å². The molecule has 0 unspecified atom stereocenters. The Morgan fingerprint density at radius 3 is 2.10 bits per heavy atom. The smallest absolute Gasteiger partial charge is 0.254 e. The van der Waals surface area contributed by atoms with Crippen LogP contribution in [-0.2, 0) is 6.54 Å². The molecule has 0 atom stereocenters. The number of nitriles is 1. The van der Waals surface area contributed by atoms with Gasteiger partial charge in [-0.2, -0.15) is 5.26 Å². The molecule has 2 N–H and O–H groups in total. The van der Waals surface area contributed by atoms with Crippen molar-refractivity contribution in [2.75, 3.05) is 62.2 Å². The largest absolute Gasteiger partial charge is 0.399 e. The molecule has 7 nitrogen and oxygen atoms in total. The van der Waals surface area contributed by atoms with Gasteiger partial charge in [0, 0.05) is 81.4 Å². The van der Waals surface area contributed by atoms with Crippen molar-refractivity contribution in [2.45, 2.75) is 20.4 Å². The Morgan fingerprint density at radius 2 is 1.43 bits per heavy atom. The molecule has 3 aromatic rings. The first-order chi connectivity index (χ1) is 19.4. The Labute approximate surface area is 237 Å². The van der Waals surface area contributed by atoms with Crippen LogP contribution >= 0.6 is 0 Å². The summed E-state index contributed by atoms with van der Waals surface area (Å²) in [7, 11) is 0. The predicted octanol–water partition coefficient (Wildman–Crippen LogP) is 4.39. The van der Waals surface area contributed by atoms with E-state index in [0.29, 0.717) is 37.4 Å². The second-order valence-electron chi connectivity index (χ2n) is 10.8. The van der Waals surface area contributed by atoms with Gasteiger partial charge in [-0.3, -0.25) is 9.69 Å². The minimum atomic E-state index is 0.0930. The van der Waals surface area contributed by atoms with Gasteiger partial charge in [-0.05, 0) is 54.8 Å². The highest BCUT2D eigenvalue weighted by molar-refractivity contribution is 5.96. The van der Waals surface area contributed by atoms with E-state index in [-0.39, 0.29) is 5.91 Å². The normalized spacial score (nSPS) is 16.1. The van der Waals surface area contributed by atoms with Gasteiger partial charge in [-0.25, -0.2) is 0 Å². The first-order valence-corrected chi connectivity index (χ1v) is 14.0. The number of hydrogen-bond donors (Lipinski definition) is 1. The third-order valence-corrected chi connectivity index (χ3v) is 8.20. The number of nitrogens with zero attached hydrogens (tertiary/aromatic N) is 5. The van der Waals surface area contributed by atoms with E-state index < -0.39 is 0 Å². The summed E-state index contributed by atoms with van der Waals surface area (Å²) in [4.78, 5) is 22.7. The zero-order valence-corrected chi connectivity index (χ0v) is 23.6. The van der Waals surface area contributed by atoms with E-state index in [1.807, 2.05) is 54.3 Å². The molecule has 5 rings (SSSR count). The average molecular weight is 535 g/mol. The van der Waals surface area contributed by atoms with Crippen LogP contribution in [0.15, 0.2) is 67.2 Å². The van der Waals surface area contributed by atoms with E-state index in [2.05, 4.69) is 52.5 Å². The molecule has 0 saturated carbocycles. The third-order valence-electron chi connectivity index (χ3n) is 8.20. The Hall–Kier alpha value is -4.28. The molecule has 40 heavy (non-hydrogen) atoms. The Morgan fingerprint density at radius 1 is 0.825 bits per heavy atom. The molecule has 2 fully saturated rings. The number of para-hydroxylation sites is 2. The third kappa shape index (κ3) is 5.68. The van der Waals surface area contributed by atoms with Gasteiger partial charge in [-0.1, -0.05) is 43.0 Å². The summed E-state index contributed by atoms with van der Waals surface area (Å²) in [6, 6.07) is 22.4. The van der Waals surface area contributed by atoms with Crippen molar-refractivity contribution < 1.29 is 4.79 Å². The van der Waals surface area contributed by atoms with Gasteiger partial charge in [0.25, 0.3) is 5.91 Å². The highest BCUT2D eigenvalue weighted by Crippen LogP contribution is 2.27. The standard InChI is InChI=1S/C33H38N6O/c1-24-20-25(2)30(33(40)39-18-16-37(17-19-39)31-10-6-4-8-27(31)22-34)21-28(24)23-36-12-14-38(15-13-36)32-11-7-5-9-29(32)26(3)35/h4-11,20-21H,3,12-19,23,35H2,1-2H3. The molecule has 0 radical (unpaired) electrons. The maximum Gasteiger partial charge on any atom is 0.254 e. The number of piperazine rings is 2. The molecular formula is C33H38N6O. The quantitative estimate of drug-likeness (QED) is 0.505. The lowest BCUT2D eigenvalue weighted by molar-refractivity contribution is 0.0746. The first-order valence-electron chi connectivity index (χ1n) is 14.0. The molecule has 206 valence electrons. The molecule has 0 bridgehead atoms. The molecule has 2 aliphatic rings. The van der Waals surface area contributed by atoms with Crippen LogP contribution < -0.4 is 15.5 Å². The number of amides is 1. The lowest BCUT2D eigenvalue weighted by atomic mass is 9.98. The average Bonchev–Trinajstić information content (AvgIpc) is 2.98. The number of carbonyl (C=O) groups excluding carboxylic acids is 1. The highest BCUT2D eigenvalue weighted by Gasteiger charge is 2.26. The maximum atomic E-state index is 13.6. The summed E-state index contributed by atoms with van der Waals surface area (Å²) in [6.45, 7) is 15.4. The number of benzene rings is 3. The van der Waals surface area contributed by atoms with Crippen molar-refractivity contribution in [3.8, 4) is 6.07 Å². The van der Waals surface area contributed by atoms with Gasteiger partial charge < -0.3 is 20.4 Å². The Balaban J connectivity index is 1.23. The fraction of sp³-hybridized carbons (Fsp3) is 0.333. The van der Waals surface area contributed by atoms with E-state index in [0.717, 1.165) is 60.8 Å². The van der Waals surface area contributed by atoms with Gasteiger partial charge in [0.1, 0.15) is 6.07 Å². The minimum Gasteiger partial charge on any atom is -0.399 e. The Bertz CT molecular complexity index is 1440. The van der Waals surface area contributed by atoms with E-state index in [1.165, 1.54) is 11.1 Å². The summed E-state index contributed by atoms with van der Waals surface area (Å²) in [5.41, 5.74) is 14.6. The molecule has 1 amide bonds. The molecular weight excluding hydrogens is 496 g/mol. The number of carbonyl (C=O) groups is 1. The number of nitrogens with two attached hydrogens (primary N) is 1. The van der Waals surface area contributed by atoms with E-state index in [4.69, 9.17) is 5.73 Å². The van der Waals surface area contributed by atoms with Crippen molar-refractivity contribution >= 4 is 23.0 Å². The van der Waals surface area contributed by atoms with Crippen molar-refractivity contribution in [3.63, 3.8) is 0 Å². The second-order valence-corrected chi connectivity index (χ2v) is 10.8. The predicted molar refractivity (Wildman–Crippen MR) is 162 cm³/mol. The molecule has 2 heterocycles. The molecule has 0 spiro atoms. The zero-order chi connectivity index (χ0) is 28.2. The molecule has 7 heteroatoms. The van der Waals surface area contributed by atoms with Gasteiger partial charge in [0.2, 0.25) is 0 Å². The van der Waals surface area contributed by atoms with Crippen LogP contribution in [0.1, 0.15) is 38.2 Å². The first kappa shape index (κ1) is 27.3.